The number of hydrogen-bond acceptors (Lipinski definition) is 5. The van der Waals surface area contributed by atoms with Gasteiger partial charge in [-0.15, -0.1) is 24.0 Å². The number of halogens is 1. The first-order chi connectivity index (χ1) is 13.8. The van der Waals surface area contributed by atoms with Crippen molar-refractivity contribution in [1.29, 1.82) is 0 Å². The number of hydrogen-bond donors (Lipinski definition) is 2. The van der Waals surface area contributed by atoms with E-state index in [0.29, 0.717) is 38.8 Å². The van der Waals surface area contributed by atoms with Crippen LogP contribution < -0.4 is 15.4 Å². The lowest BCUT2D eigenvalue weighted by atomic mass is 10.3. The first-order valence-electron chi connectivity index (χ1n) is 10.6. The van der Waals surface area contributed by atoms with Crippen LogP contribution in [-0.4, -0.2) is 57.1 Å². The highest BCUT2D eigenvalue weighted by Crippen LogP contribution is 2.29. The molecule has 1 aliphatic carbocycles. The second kappa shape index (κ2) is 16.6. The van der Waals surface area contributed by atoms with Crippen molar-refractivity contribution < 1.29 is 14.2 Å². The van der Waals surface area contributed by atoms with E-state index in [4.69, 9.17) is 14.2 Å². The van der Waals surface area contributed by atoms with Gasteiger partial charge in [-0.25, -0.2) is 9.98 Å². The Balaban J connectivity index is 0.00000420. The van der Waals surface area contributed by atoms with Crippen molar-refractivity contribution in [2.24, 2.45) is 10.9 Å². The fraction of sp³-hybridized carbons (Fsp3) is 0.714. The van der Waals surface area contributed by atoms with E-state index >= 15 is 0 Å². The van der Waals surface area contributed by atoms with Gasteiger partial charge in [0.25, 0.3) is 0 Å². The van der Waals surface area contributed by atoms with E-state index in [-0.39, 0.29) is 24.0 Å². The Kier molecular flexibility index (Phi) is 14.9. The van der Waals surface area contributed by atoms with Crippen LogP contribution in [0.5, 0.6) is 5.88 Å². The molecule has 0 unspecified atom stereocenters. The van der Waals surface area contributed by atoms with Gasteiger partial charge in [0.05, 0.1) is 33.0 Å². The van der Waals surface area contributed by atoms with E-state index in [0.717, 1.165) is 50.0 Å². The zero-order valence-corrected chi connectivity index (χ0v) is 20.2. The lowest BCUT2D eigenvalue weighted by molar-refractivity contribution is 0.0487. The maximum absolute atomic E-state index is 5.67. The molecule has 0 amide bonds. The molecule has 8 heteroatoms. The third kappa shape index (κ3) is 12.9. The SMILES string of the molecule is CCCCOCCOCCNC(=NCc1ccc(OCC2CC2)nc1)NCC.I. The summed E-state index contributed by atoms with van der Waals surface area (Å²) in [5.41, 5.74) is 1.05. The minimum Gasteiger partial charge on any atom is -0.477 e. The third-order valence-corrected chi connectivity index (χ3v) is 4.28. The summed E-state index contributed by atoms with van der Waals surface area (Å²) in [6.07, 6.45) is 6.66. The predicted molar refractivity (Wildman–Crippen MR) is 127 cm³/mol. The maximum Gasteiger partial charge on any atom is 0.213 e. The van der Waals surface area contributed by atoms with Gasteiger partial charge in [0.2, 0.25) is 5.88 Å². The number of guanidine groups is 1. The Morgan fingerprint density at radius 3 is 2.55 bits per heavy atom. The number of pyridine rings is 1. The number of aromatic nitrogens is 1. The molecule has 166 valence electrons. The van der Waals surface area contributed by atoms with Crippen LogP contribution in [0.15, 0.2) is 23.3 Å². The van der Waals surface area contributed by atoms with E-state index in [1.807, 2.05) is 18.3 Å². The van der Waals surface area contributed by atoms with Gasteiger partial charge in [-0.2, -0.15) is 0 Å². The highest BCUT2D eigenvalue weighted by Gasteiger charge is 2.21. The first-order valence-corrected chi connectivity index (χ1v) is 10.6. The standard InChI is InChI=1S/C21H36N4O3.HI/c1-3-5-11-26-13-14-27-12-10-23-21(22-4-2)25-16-19-8-9-20(24-15-19)28-17-18-6-7-18;/h8-9,15,18H,3-7,10-14,16-17H2,1-2H3,(H2,22,23,25);1H. The molecule has 0 radical (unpaired) electrons. The summed E-state index contributed by atoms with van der Waals surface area (Å²) in [6, 6.07) is 3.94. The molecule has 1 aromatic rings. The quantitative estimate of drug-likeness (QED) is 0.160. The Morgan fingerprint density at radius 1 is 1.10 bits per heavy atom. The fourth-order valence-electron chi connectivity index (χ4n) is 2.40. The molecule has 1 aromatic heterocycles. The van der Waals surface area contributed by atoms with E-state index in [1.54, 1.807) is 0 Å². The average molecular weight is 520 g/mol. The lowest BCUT2D eigenvalue weighted by Crippen LogP contribution is -2.39. The van der Waals surface area contributed by atoms with Crippen LogP contribution >= 0.6 is 24.0 Å². The monoisotopic (exact) mass is 520 g/mol. The maximum atomic E-state index is 5.67. The van der Waals surface area contributed by atoms with E-state index in [9.17, 15) is 0 Å². The van der Waals surface area contributed by atoms with Crippen LogP contribution in [0.2, 0.25) is 0 Å². The Hall–Kier alpha value is -1.13. The van der Waals surface area contributed by atoms with Gasteiger partial charge in [0.15, 0.2) is 5.96 Å². The van der Waals surface area contributed by atoms with Crippen LogP contribution in [-0.2, 0) is 16.0 Å². The van der Waals surface area contributed by atoms with Gasteiger partial charge < -0.3 is 24.8 Å². The number of aliphatic imine (C=N–C) groups is 1. The molecule has 0 bridgehead atoms. The van der Waals surface area contributed by atoms with E-state index in [2.05, 4.69) is 34.5 Å². The van der Waals surface area contributed by atoms with Crippen molar-refractivity contribution in [3.63, 3.8) is 0 Å². The molecular formula is C21H37IN4O3. The molecule has 29 heavy (non-hydrogen) atoms. The summed E-state index contributed by atoms with van der Waals surface area (Å²) in [6.45, 7) is 9.79. The summed E-state index contributed by atoms with van der Waals surface area (Å²) in [5.74, 6) is 2.21. The highest BCUT2D eigenvalue weighted by molar-refractivity contribution is 14.0. The second-order valence-electron chi connectivity index (χ2n) is 6.96. The fourth-order valence-corrected chi connectivity index (χ4v) is 2.40. The molecule has 7 nitrogen and oxygen atoms in total. The minimum atomic E-state index is 0. The molecule has 1 saturated carbocycles. The predicted octanol–water partition coefficient (Wildman–Crippen LogP) is 3.38. The van der Waals surface area contributed by atoms with Crippen LogP contribution in [0.1, 0.15) is 45.1 Å². The van der Waals surface area contributed by atoms with Gasteiger partial charge in [-0.1, -0.05) is 19.4 Å². The zero-order valence-electron chi connectivity index (χ0n) is 17.8. The van der Waals surface area contributed by atoms with Gasteiger partial charge in [-0.05, 0) is 37.7 Å². The summed E-state index contributed by atoms with van der Waals surface area (Å²) in [4.78, 5) is 8.96. The smallest absolute Gasteiger partial charge is 0.213 e. The molecule has 0 atom stereocenters. The molecule has 2 rings (SSSR count). The van der Waals surface area contributed by atoms with Gasteiger partial charge >= 0.3 is 0 Å². The lowest BCUT2D eigenvalue weighted by Gasteiger charge is -2.12. The van der Waals surface area contributed by atoms with Crippen molar-refractivity contribution in [2.45, 2.75) is 46.1 Å². The van der Waals surface area contributed by atoms with Gasteiger partial charge in [-0.3, -0.25) is 0 Å². The number of nitrogens with one attached hydrogen (secondary N) is 2. The van der Waals surface area contributed by atoms with Gasteiger partial charge in [0, 0.05) is 32.0 Å². The van der Waals surface area contributed by atoms with Crippen LogP contribution in [0.3, 0.4) is 0 Å². The van der Waals surface area contributed by atoms with Crippen molar-refractivity contribution in [3.05, 3.63) is 23.9 Å². The minimum absolute atomic E-state index is 0. The molecule has 0 aromatic carbocycles. The van der Waals surface area contributed by atoms with E-state index < -0.39 is 0 Å². The number of nitrogens with zero attached hydrogens (tertiary/aromatic N) is 2. The molecule has 1 fully saturated rings. The second-order valence-corrected chi connectivity index (χ2v) is 6.96. The molecular weight excluding hydrogens is 483 g/mol. The zero-order chi connectivity index (χ0) is 19.9. The van der Waals surface area contributed by atoms with Crippen LogP contribution in [0, 0.1) is 5.92 Å². The summed E-state index contributed by atoms with van der Waals surface area (Å²) < 4.78 is 16.7. The normalized spacial score (nSPS) is 13.7. The van der Waals surface area contributed by atoms with Crippen molar-refractivity contribution >= 4 is 29.9 Å². The first kappa shape index (κ1) is 25.9. The molecule has 0 aliphatic heterocycles. The highest BCUT2D eigenvalue weighted by atomic mass is 127. The Labute approximate surface area is 192 Å². The number of ether oxygens (including phenoxy) is 3. The molecule has 2 N–H and O–H groups in total. The Bertz CT molecular complexity index is 553. The third-order valence-electron chi connectivity index (χ3n) is 4.28. The van der Waals surface area contributed by atoms with Crippen molar-refractivity contribution in [3.8, 4) is 5.88 Å². The molecule has 0 spiro atoms. The summed E-state index contributed by atoms with van der Waals surface area (Å²) in [5, 5.41) is 6.52. The van der Waals surface area contributed by atoms with Crippen molar-refractivity contribution in [2.75, 3.05) is 46.1 Å². The Morgan fingerprint density at radius 2 is 1.90 bits per heavy atom. The van der Waals surface area contributed by atoms with Crippen LogP contribution in [0.25, 0.3) is 0 Å². The van der Waals surface area contributed by atoms with Crippen molar-refractivity contribution in [1.82, 2.24) is 15.6 Å². The largest absolute Gasteiger partial charge is 0.477 e. The molecule has 0 saturated heterocycles. The van der Waals surface area contributed by atoms with E-state index in [1.165, 1.54) is 12.8 Å². The average Bonchev–Trinajstić information content (AvgIpc) is 3.54. The van der Waals surface area contributed by atoms with Gasteiger partial charge in [0.1, 0.15) is 0 Å². The number of unbranched alkanes of at least 4 members (excludes halogenated alkanes) is 1. The summed E-state index contributed by atoms with van der Waals surface area (Å²) >= 11 is 0. The topological polar surface area (TPSA) is 77.0 Å². The number of rotatable bonds is 15. The molecule has 1 aliphatic rings. The molecule has 1 heterocycles. The van der Waals surface area contributed by atoms with Crippen LogP contribution in [0.4, 0.5) is 0 Å². The summed E-state index contributed by atoms with van der Waals surface area (Å²) in [7, 11) is 0.